The maximum atomic E-state index is 12.3. The lowest BCUT2D eigenvalue weighted by molar-refractivity contribution is 0.0937. The second-order valence-corrected chi connectivity index (χ2v) is 5.81. The fourth-order valence-electron chi connectivity index (χ4n) is 2.98. The fourth-order valence-corrected chi connectivity index (χ4v) is 2.98. The van der Waals surface area contributed by atoms with Crippen LogP contribution in [0.3, 0.4) is 0 Å². The summed E-state index contributed by atoms with van der Waals surface area (Å²) in [6, 6.07) is 5.13. The van der Waals surface area contributed by atoms with Gasteiger partial charge in [-0.3, -0.25) is 4.79 Å². The number of nitrogens with one attached hydrogen (secondary N) is 1. The Hall–Kier alpha value is -1.71. The Balaban J connectivity index is 1.96. The van der Waals surface area contributed by atoms with E-state index in [1.165, 1.54) is 25.7 Å². The Bertz CT molecular complexity index is 474. The average Bonchev–Trinajstić information content (AvgIpc) is 2.45. The molecule has 1 amide bonds. The van der Waals surface area contributed by atoms with Crippen molar-refractivity contribution < 1.29 is 9.53 Å². The fraction of sp³-hybridized carbons (Fsp3) is 0.562. The highest BCUT2D eigenvalue weighted by Crippen LogP contribution is 2.28. The van der Waals surface area contributed by atoms with Gasteiger partial charge in [-0.05, 0) is 42.9 Å². The Kier molecular flexibility index (Phi) is 4.88. The Labute approximate surface area is 120 Å². The van der Waals surface area contributed by atoms with E-state index >= 15 is 0 Å². The summed E-state index contributed by atoms with van der Waals surface area (Å²) in [5, 5.41) is 3.02. The van der Waals surface area contributed by atoms with Crippen LogP contribution in [0.5, 0.6) is 5.75 Å². The predicted molar refractivity (Wildman–Crippen MR) is 80.9 cm³/mol. The molecule has 0 heterocycles. The van der Waals surface area contributed by atoms with Crippen LogP contribution < -0.4 is 15.8 Å². The van der Waals surface area contributed by atoms with Crippen molar-refractivity contribution >= 4 is 11.6 Å². The summed E-state index contributed by atoms with van der Waals surface area (Å²) in [6.07, 6.45) is 4.99. The van der Waals surface area contributed by atoms with Gasteiger partial charge in [0.2, 0.25) is 0 Å². The van der Waals surface area contributed by atoms with Crippen LogP contribution in [0.4, 0.5) is 5.69 Å². The van der Waals surface area contributed by atoms with Crippen LogP contribution in [0.2, 0.25) is 0 Å². The van der Waals surface area contributed by atoms with Crippen molar-refractivity contribution in [2.45, 2.75) is 32.6 Å². The second kappa shape index (κ2) is 6.64. The van der Waals surface area contributed by atoms with E-state index in [2.05, 4.69) is 12.2 Å². The number of rotatable bonds is 4. The van der Waals surface area contributed by atoms with Gasteiger partial charge < -0.3 is 15.8 Å². The molecular formula is C16H24N2O2. The highest BCUT2D eigenvalue weighted by Gasteiger charge is 2.20. The number of methoxy groups -OCH3 is 1. The number of carbonyl (C=O) groups is 1. The van der Waals surface area contributed by atoms with Crippen molar-refractivity contribution in [1.82, 2.24) is 5.32 Å². The van der Waals surface area contributed by atoms with Gasteiger partial charge in [-0.1, -0.05) is 19.8 Å². The lowest BCUT2D eigenvalue weighted by Crippen LogP contribution is -2.31. The van der Waals surface area contributed by atoms with Crippen LogP contribution in [0.1, 0.15) is 43.0 Å². The van der Waals surface area contributed by atoms with Crippen molar-refractivity contribution in [1.29, 1.82) is 0 Å². The highest BCUT2D eigenvalue weighted by molar-refractivity contribution is 5.97. The van der Waals surface area contributed by atoms with Gasteiger partial charge in [0.15, 0.2) is 0 Å². The topological polar surface area (TPSA) is 64.3 Å². The van der Waals surface area contributed by atoms with Crippen molar-refractivity contribution in [3.8, 4) is 5.75 Å². The van der Waals surface area contributed by atoms with Crippen molar-refractivity contribution in [3.05, 3.63) is 23.8 Å². The van der Waals surface area contributed by atoms with Crippen LogP contribution in [0, 0.1) is 11.8 Å². The maximum Gasteiger partial charge on any atom is 0.255 e. The minimum absolute atomic E-state index is 0.104. The molecular weight excluding hydrogens is 252 g/mol. The van der Waals surface area contributed by atoms with Crippen LogP contribution in [0.25, 0.3) is 0 Å². The SMILES string of the molecule is COc1ccc(N)cc1C(=O)NCC1CCCC(C)C1. The Morgan fingerprint density at radius 1 is 1.45 bits per heavy atom. The van der Waals surface area contributed by atoms with E-state index in [1.54, 1.807) is 25.3 Å². The molecule has 1 fully saturated rings. The molecule has 0 aliphatic heterocycles. The number of amides is 1. The molecule has 0 bridgehead atoms. The summed E-state index contributed by atoms with van der Waals surface area (Å²) in [5.74, 6) is 1.82. The Morgan fingerprint density at radius 2 is 2.25 bits per heavy atom. The summed E-state index contributed by atoms with van der Waals surface area (Å²) in [6.45, 7) is 3.02. The molecule has 4 heteroatoms. The van der Waals surface area contributed by atoms with Crippen LogP contribution in [-0.4, -0.2) is 19.6 Å². The van der Waals surface area contributed by atoms with Gasteiger partial charge in [0.05, 0.1) is 12.7 Å². The molecule has 1 aromatic rings. The summed E-state index contributed by atoms with van der Waals surface area (Å²) in [4.78, 5) is 12.3. The van der Waals surface area contributed by atoms with Gasteiger partial charge in [0.25, 0.3) is 5.91 Å². The first kappa shape index (κ1) is 14.7. The van der Waals surface area contributed by atoms with Gasteiger partial charge in [-0.2, -0.15) is 0 Å². The minimum Gasteiger partial charge on any atom is -0.496 e. The van der Waals surface area contributed by atoms with Gasteiger partial charge in [0.1, 0.15) is 5.75 Å². The molecule has 0 radical (unpaired) electrons. The third-order valence-corrected chi connectivity index (χ3v) is 4.06. The maximum absolute atomic E-state index is 12.3. The number of benzene rings is 1. The number of hydrogen-bond acceptors (Lipinski definition) is 3. The first-order chi connectivity index (χ1) is 9.60. The third kappa shape index (κ3) is 3.65. The lowest BCUT2D eigenvalue weighted by atomic mass is 9.82. The number of anilines is 1. The third-order valence-electron chi connectivity index (χ3n) is 4.06. The predicted octanol–water partition coefficient (Wildman–Crippen LogP) is 2.83. The first-order valence-corrected chi connectivity index (χ1v) is 7.32. The number of ether oxygens (including phenoxy) is 1. The first-order valence-electron chi connectivity index (χ1n) is 7.32. The molecule has 0 aromatic heterocycles. The number of carbonyl (C=O) groups excluding carboxylic acids is 1. The quantitative estimate of drug-likeness (QED) is 0.831. The molecule has 1 saturated carbocycles. The summed E-state index contributed by atoms with van der Waals surface area (Å²) < 4.78 is 5.21. The molecule has 110 valence electrons. The summed E-state index contributed by atoms with van der Waals surface area (Å²) in [5.41, 5.74) is 6.82. The smallest absolute Gasteiger partial charge is 0.255 e. The van der Waals surface area contributed by atoms with E-state index in [0.717, 1.165) is 12.5 Å². The van der Waals surface area contributed by atoms with E-state index in [1.807, 2.05) is 0 Å². The molecule has 1 aromatic carbocycles. The van der Waals surface area contributed by atoms with Gasteiger partial charge in [-0.15, -0.1) is 0 Å². The van der Waals surface area contributed by atoms with E-state index < -0.39 is 0 Å². The molecule has 2 rings (SSSR count). The van der Waals surface area contributed by atoms with Gasteiger partial charge in [-0.25, -0.2) is 0 Å². The van der Waals surface area contributed by atoms with Crippen molar-refractivity contribution in [2.24, 2.45) is 11.8 Å². The van der Waals surface area contributed by atoms with Crippen molar-refractivity contribution in [2.75, 3.05) is 19.4 Å². The van der Waals surface area contributed by atoms with Crippen LogP contribution >= 0.6 is 0 Å². The average molecular weight is 276 g/mol. The summed E-state index contributed by atoms with van der Waals surface area (Å²) >= 11 is 0. The zero-order chi connectivity index (χ0) is 14.5. The molecule has 0 saturated heterocycles. The van der Waals surface area contributed by atoms with Crippen LogP contribution in [-0.2, 0) is 0 Å². The van der Waals surface area contributed by atoms with Crippen molar-refractivity contribution in [3.63, 3.8) is 0 Å². The zero-order valence-corrected chi connectivity index (χ0v) is 12.3. The number of hydrogen-bond donors (Lipinski definition) is 2. The second-order valence-electron chi connectivity index (χ2n) is 5.81. The number of nitrogen functional groups attached to an aromatic ring is 1. The zero-order valence-electron chi connectivity index (χ0n) is 12.3. The molecule has 1 aliphatic carbocycles. The molecule has 1 aliphatic rings. The summed E-state index contributed by atoms with van der Waals surface area (Å²) in [7, 11) is 1.56. The normalized spacial score (nSPS) is 22.3. The van der Waals surface area contributed by atoms with E-state index in [-0.39, 0.29) is 5.91 Å². The van der Waals surface area contributed by atoms with Crippen LogP contribution in [0.15, 0.2) is 18.2 Å². The van der Waals surface area contributed by atoms with E-state index in [9.17, 15) is 4.79 Å². The molecule has 3 N–H and O–H groups in total. The van der Waals surface area contributed by atoms with E-state index in [0.29, 0.717) is 22.9 Å². The molecule has 2 unspecified atom stereocenters. The molecule has 4 nitrogen and oxygen atoms in total. The lowest BCUT2D eigenvalue weighted by Gasteiger charge is -2.26. The highest BCUT2D eigenvalue weighted by atomic mass is 16.5. The minimum atomic E-state index is -0.104. The molecule has 2 atom stereocenters. The molecule has 0 spiro atoms. The van der Waals surface area contributed by atoms with Gasteiger partial charge in [0, 0.05) is 12.2 Å². The monoisotopic (exact) mass is 276 g/mol. The number of nitrogens with two attached hydrogens (primary N) is 1. The molecule has 20 heavy (non-hydrogen) atoms. The van der Waals surface area contributed by atoms with E-state index in [4.69, 9.17) is 10.5 Å². The largest absolute Gasteiger partial charge is 0.496 e. The Morgan fingerprint density at radius 3 is 2.95 bits per heavy atom. The standard InChI is InChI=1S/C16H24N2O2/c1-11-4-3-5-12(8-11)10-18-16(19)14-9-13(17)6-7-15(14)20-2/h6-7,9,11-12H,3-5,8,10,17H2,1-2H3,(H,18,19). The van der Waals surface area contributed by atoms with Gasteiger partial charge >= 0.3 is 0 Å².